The van der Waals surface area contributed by atoms with Gasteiger partial charge in [0.1, 0.15) is 5.65 Å². The number of pyridine rings is 1. The number of aromatic amines is 1. The summed E-state index contributed by atoms with van der Waals surface area (Å²) in [5, 5.41) is 5.14. The van der Waals surface area contributed by atoms with Gasteiger partial charge in [-0.2, -0.15) is 5.10 Å². The highest BCUT2D eigenvalue weighted by atomic mass is 79.9. The number of hydrogen-bond acceptors (Lipinski definition) is 2. The molecule has 74 valence electrons. The summed E-state index contributed by atoms with van der Waals surface area (Å²) in [5.74, 6) is 0. The first-order valence-electron chi connectivity index (χ1n) is 4.35. The predicted octanol–water partition coefficient (Wildman–Crippen LogP) is 2.07. The van der Waals surface area contributed by atoms with Gasteiger partial charge in [-0.25, -0.2) is 4.68 Å². The molecule has 2 aromatic heterocycles. The molecular weight excluding hydrogens is 246 g/mol. The van der Waals surface area contributed by atoms with Gasteiger partial charge < -0.3 is 4.98 Å². The highest BCUT2D eigenvalue weighted by Crippen LogP contribution is 2.16. The van der Waals surface area contributed by atoms with Crippen LogP contribution in [0.5, 0.6) is 0 Å². The van der Waals surface area contributed by atoms with Gasteiger partial charge in [-0.15, -0.1) is 0 Å². The Balaban J connectivity index is 2.80. The van der Waals surface area contributed by atoms with Crippen LogP contribution in [0.3, 0.4) is 0 Å². The van der Waals surface area contributed by atoms with Crippen LogP contribution < -0.4 is 5.56 Å². The van der Waals surface area contributed by atoms with Crippen molar-refractivity contribution in [1.29, 1.82) is 0 Å². The molecule has 1 N–H and O–H groups in total. The summed E-state index contributed by atoms with van der Waals surface area (Å²) in [5.41, 5.74) is 0.646. The van der Waals surface area contributed by atoms with E-state index in [2.05, 4.69) is 26.0 Å². The smallest absolute Gasteiger partial charge is 0.263 e. The van der Waals surface area contributed by atoms with Crippen LogP contribution in [0.1, 0.15) is 19.9 Å². The minimum absolute atomic E-state index is 0.125. The van der Waals surface area contributed by atoms with E-state index >= 15 is 0 Å². The molecule has 2 rings (SSSR count). The summed E-state index contributed by atoms with van der Waals surface area (Å²) in [6.45, 7) is 4.04. The molecule has 0 saturated carbocycles. The maximum atomic E-state index is 11.4. The van der Waals surface area contributed by atoms with Crippen molar-refractivity contribution in [3.63, 3.8) is 0 Å². The fourth-order valence-electron chi connectivity index (χ4n) is 1.37. The molecule has 0 spiro atoms. The molecule has 14 heavy (non-hydrogen) atoms. The van der Waals surface area contributed by atoms with E-state index in [0.717, 1.165) is 11.0 Å². The SMILES string of the molecule is CC(C)n1ncc2cc(Br)c(=O)[nH]c21. The van der Waals surface area contributed by atoms with E-state index in [-0.39, 0.29) is 11.6 Å². The molecule has 0 unspecified atom stereocenters. The largest absolute Gasteiger partial charge is 0.306 e. The molecule has 0 saturated heterocycles. The summed E-state index contributed by atoms with van der Waals surface area (Å²) >= 11 is 3.18. The molecule has 0 aliphatic heterocycles. The van der Waals surface area contributed by atoms with Crippen molar-refractivity contribution < 1.29 is 0 Å². The number of H-pyrrole nitrogens is 1. The van der Waals surface area contributed by atoms with Crippen LogP contribution in [-0.2, 0) is 0 Å². The van der Waals surface area contributed by atoms with Crippen molar-refractivity contribution in [2.24, 2.45) is 0 Å². The molecule has 2 heterocycles. The van der Waals surface area contributed by atoms with Crippen LogP contribution in [-0.4, -0.2) is 14.8 Å². The molecule has 0 atom stereocenters. The monoisotopic (exact) mass is 255 g/mol. The predicted molar refractivity (Wildman–Crippen MR) is 58.4 cm³/mol. The maximum Gasteiger partial charge on any atom is 0.263 e. The molecule has 0 aliphatic rings. The second-order valence-electron chi connectivity index (χ2n) is 3.43. The zero-order valence-electron chi connectivity index (χ0n) is 7.91. The molecule has 5 heteroatoms. The first-order chi connectivity index (χ1) is 6.59. The zero-order valence-corrected chi connectivity index (χ0v) is 9.50. The van der Waals surface area contributed by atoms with E-state index in [1.54, 1.807) is 16.9 Å². The Bertz CT molecular complexity index is 526. The molecule has 4 nitrogen and oxygen atoms in total. The summed E-state index contributed by atoms with van der Waals surface area (Å²) < 4.78 is 2.33. The Hall–Kier alpha value is -1.10. The van der Waals surface area contributed by atoms with Crippen molar-refractivity contribution in [3.8, 4) is 0 Å². The second-order valence-corrected chi connectivity index (χ2v) is 4.29. The first-order valence-corrected chi connectivity index (χ1v) is 5.15. The highest BCUT2D eigenvalue weighted by molar-refractivity contribution is 9.10. The number of nitrogens with zero attached hydrogens (tertiary/aromatic N) is 2. The Labute approximate surface area is 89.1 Å². The van der Waals surface area contributed by atoms with Gasteiger partial charge in [0.15, 0.2) is 0 Å². The van der Waals surface area contributed by atoms with Gasteiger partial charge in [0.25, 0.3) is 5.56 Å². The standard InChI is InChI=1S/C9H10BrN3O/c1-5(2)13-8-6(4-11-13)3-7(10)9(14)12-8/h3-5H,1-2H3,(H,12,14). The van der Waals surface area contributed by atoms with Crippen molar-refractivity contribution >= 4 is 27.0 Å². The van der Waals surface area contributed by atoms with E-state index in [9.17, 15) is 4.79 Å². The normalized spacial score (nSPS) is 11.4. The van der Waals surface area contributed by atoms with Gasteiger partial charge in [0, 0.05) is 11.4 Å². The van der Waals surface area contributed by atoms with Gasteiger partial charge in [-0.1, -0.05) is 0 Å². The van der Waals surface area contributed by atoms with Crippen LogP contribution in [0.25, 0.3) is 11.0 Å². The highest BCUT2D eigenvalue weighted by Gasteiger charge is 2.07. The number of aromatic nitrogens is 3. The number of nitrogens with one attached hydrogen (secondary N) is 1. The second kappa shape index (κ2) is 3.24. The molecule has 0 fully saturated rings. The minimum Gasteiger partial charge on any atom is -0.306 e. The molecule has 0 amide bonds. The Morgan fingerprint density at radius 2 is 2.29 bits per heavy atom. The van der Waals surface area contributed by atoms with E-state index in [1.165, 1.54) is 0 Å². The van der Waals surface area contributed by atoms with E-state index < -0.39 is 0 Å². The Morgan fingerprint density at radius 3 is 2.93 bits per heavy atom. The van der Waals surface area contributed by atoms with Gasteiger partial charge in [-0.3, -0.25) is 4.79 Å². The zero-order chi connectivity index (χ0) is 10.3. The third-order valence-electron chi connectivity index (χ3n) is 2.04. The number of fused-ring (bicyclic) bond motifs is 1. The van der Waals surface area contributed by atoms with Crippen molar-refractivity contribution in [2.75, 3.05) is 0 Å². The van der Waals surface area contributed by atoms with E-state index in [1.807, 2.05) is 13.8 Å². The third kappa shape index (κ3) is 1.37. The lowest BCUT2D eigenvalue weighted by molar-refractivity contribution is 0.546. The number of rotatable bonds is 1. The Morgan fingerprint density at radius 1 is 1.57 bits per heavy atom. The van der Waals surface area contributed by atoms with E-state index in [0.29, 0.717) is 4.47 Å². The van der Waals surface area contributed by atoms with Crippen molar-refractivity contribution in [2.45, 2.75) is 19.9 Å². The van der Waals surface area contributed by atoms with Gasteiger partial charge in [-0.05, 0) is 35.8 Å². The molecule has 2 aromatic rings. The average molecular weight is 256 g/mol. The first kappa shape index (κ1) is 9.45. The third-order valence-corrected chi connectivity index (χ3v) is 2.63. The molecule has 0 aliphatic carbocycles. The fraction of sp³-hybridized carbons (Fsp3) is 0.333. The Kier molecular flexibility index (Phi) is 2.19. The molecular formula is C9H10BrN3O. The van der Waals surface area contributed by atoms with E-state index in [4.69, 9.17) is 0 Å². The lowest BCUT2D eigenvalue weighted by Gasteiger charge is -2.05. The number of halogens is 1. The lowest BCUT2D eigenvalue weighted by atomic mass is 10.3. The summed E-state index contributed by atoms with van der Waals surface area (Å²) in [4.78, 5) is 14.1. The summed E-state index contributed by atoms with van der Waals surface area (Å²) in [6.07, 6.45) is 1.75. The quantitative estimate of drug-likeness (QED) is 0.849. The van der Waals surface area contributed by atoms with Crippen LogP contribution in [0.2, 0.25) is 0 Å². The topological polar surface area (TPSA) is 50.7 Å². The molecule has 0 aromatic carbocycles. The number of hydrogen-bond donors (Lipinski definition) is 1. The van der Waals surface area contributed by atoms with Crippen molar-refractivity contribution in [1.82, 2.24) is 14.8 Å². The molecule has 0 bridgehead atoms. The maximum absolute atomic E-state index is 11.4. The summed E-state index contributed by atoms with van der Waals surface area (Å²) in [7, 11) is 0. The lowest BCUT2D eigenvalue weighted by Crippen LogP contribution is -2.10. The minimum atomic E-state index is -0.125. The average Bonchev–Trinajstić information content (AvgIpc) is 2.48. The molecule has 0 radical (unpaired) electrons. The van der Waals surface area contributed by atoms with Crippen LogP contribution in [0, 0.1) is 0 Å². The van der Waals surface area contributed by atoms with Crippen LogP contribution >= 0.6 is 15.9 Å². The van der Waals surface area contributed by atoms with Crippen LogP contribution in [0.4, 0.5) is 0 Å². The van der Waals surface area contributed by atoms with Crippen molar-refractivity contribution in [3.05, 3.63) is 27.1 Å². The van der Waals surface area contributed by atoms with Crippen LogP contribution in [0.15, 0.2) is 21.5 Å². The summed E-state index contributed by atoms with van der Waals surface area (Å²) in [6, 6.07) is 2.02. The van der Waals surface area contributed by atoms with Gasteiger partial charge in [0.05, 0.1) is 10.7 Å². The fourth-order valence-corrected chi connectivity index (χ4v) is 1.72. The van der Waals surface area contributed by atoms with Gasteiger partial charge in [0.2, 0.25) is 0 Å². The van der Waals surface area contributed by atoms with Gasteiger partial charge >= 0.3 is 0 Å².